The second-order valence-electron chi connectivity index (χ2n) is 4.88. The average molecular weight is 285 g/mol. The highest BCUT2D eigenvalue weighted by Crippen LogP contribution is 2.26. The number of rotatable bonds is 1. The van der Waals surface area contributed by atoms with Gasteiger partial charge in [-0.05, 0) is 25.3 Å². The van der Waals surface area contributed by atoms with E-state index in [1.54, 1.807) is 10.6 Å². The lowest BCUT2D eigenvalue weighted by atomic mass is 9.95. The summed E-state index contributed by atoms with van der Waals surface area (Å²) in [5.41, 5.74) is 1.68. The van der Waals surface area contributed by atoms with Crippen LogP contribution in [-0.4, -0.2) is 21.1 Å². The molecule has 1 fully saturated rings. The molecule has 4 nitrogen and oxygen atoms in total. The minimum absolute atomic E-state index is 0.290. The van der Waals surface area contributed by atoms with Gasteiger partial charge in [-0.2, -0.15) is 5.10 Å². The summed E-state index contributed by atoms with van der Waals surface area (Å²) in [6, 6.07) is 3.84. The van der Waals surface area contributed by atoms with E-state index in [4.69, 9.17) is 23.2 Å². The fourth-order valence-corrected chi connectivity index (χ4v) is 2.82. The third-order valence-electron chi connectivity index (χ3n) is 3.39. The van der Waals surface area contributed by atoms with Gasteiger partial charge in [0.2, 0.25) is 0 Å². The van der Waals surface area contributed by atoms with Crippen molar-refractivity contribution in [2.75, 3.05) is 6.54 Å². The number of nitrogens with one attached hydrogen (secondary N) is 1. The molecule has 2 aromatic rings. The minimum Gasteiger partial charge on any atom is -0.308 e. The monoisotopic (exact) mass is 284 g/mol. The van der Waals surface area contributed by atoms with Gasteiger partial charge in [-0.15, -0.1) is 0 Å². The van der Waals surface area contributed by atoms with Crippen LogP contribution in [0.1, 0.15) is 31.5 Å². The fraction of sp³-hybridized carbons (Fsp3) is 0.500. The van der Waals surface area contributed by atoms with Crippen LogP contribution >= 0.6 is 23.2 Å². The minimum atomic E-state index is 0.290. The van der Waals surface area contributed by atoms with E-state index in [0.717, 1.165) is 24.6 Å². The molecule has 1 aliphatic heterocycles. The molecule has 0 spiro atoms. The van der Waals surface area contributed by atoms with Crippen LogP contribution in [0.3, 0.4) is 0 Å². The molecule has 3 heterocycles. The highest BCUT2D eigenvalue weighted by molar-refractivity contribution is 6.33. The number of fused-ring (bicyclic) bond motifs is 1. The first-order valence-corrected chi connectivity index (χ1v) is 6.84. The van der Waals surface area contributed by atoms with Crippen molar-refractivity contribution in [3.63, 3.8) is 0 Å². The first kappa shape index (κ1) is 12.2. The average Bonchev–Trinajstić information content (AvgIpc) is 2.74. The van der Waals surface area contributed by atoms with Crippen molar-refractivity contribution in [2.24, 2.45) is 5.92 Å². The quantitative estimate of drug-likeness (QED) is 0.819. The van der Waals surface area contributed by atoms with Crippen molar-refractivity contribution < 1.29 is 0 Å². The molecule has 3 rings (SSSR count). The molecular weight excluding hydrogens is 271 g/mol. The van der Waals surface area contributed by atoms with Crippen LogP contribution in [0.5, 0.6) is 0 Å². The van der Waals surface area contributed by atoms with E-state index in [1.807, 2.05) is 6.07 Å². The van der Waals surface area contributed by atoms with Gasteiger partial charge in [-0.1, -0.05) is 30.1 Å². The molecule has 0 amide bonds. The highest BCUT2D eigenvalue weighted by atomic mass is 35.5. The van der Waals surface area contributed by atoms with Gasteiger partial charge in [0.1, 0.15) is 10.3 Å². The molecule has 0 aliphatic carbocycles. The smallest absolute Gasteiger partial charge is 0.158 e. The van der Waals surface area contributed by atoms with E-state index >= 15 is 0 Å². The molecule has 1 aliphatic rings. The Morgan fingerprint density at radius 2 is 2.17 bits per heavy atom. The Morgan fingerprint density at radius 1 is 1.33 bits per heavy atom. The predicted octanol–water partition coefficient (Wildman–Crippen LogP) is 3.10. The Kier molecular flexibility index (Phi) is 3.18. The summed E-state index contributed by atoms with van der Waals surface area (Å²) in [6.07, 6.45) is 2.31. The van der Waals surface area contributed by atoms with Crippen molar-refractivity contribution in [1.29, 1.82) is 0 Å². The summed E-state index contributed by atoms with van der Waals surface area (Å²) in [5, 5.41) is 8.88. The Hall–Kier alpha value is -0.840. The number of hydrogen-bond acceptors (Lipinski definition) is 3. The molecule has 0 saturated carbocycles. The summed E-state index contributed by atoms with van der Waals surface area (Å²) in [4.78, 5) is 4.22. The van der Waals surface area contributed by atoms with Crippen molar-refractivity contribution >= 4 is 28.8 Å². The first-order valence-electron chi connectivity index (χ1n) is 6.08. The fourth-order valence-electron chi connectivity index (χ4n) is 2.35. The van der Waals surface area contributed by atoms with Crippen LogP contribution in [0.25, 0.3) is 5.65 Å². The standard InChI is InChI=1S/C12H14Cl2N4/c1-7-2-3-8(15-6-7)9-4-12-16-10(13)5-11(14)18(12)17-9/h4-5,7-8,15H,2-3,6H2,1H3/t7-,8-/m0/s1. The molecular formula is C12H14Cl2N4. The molecule has 6 heteroatoms. The Morgan fingerprint density at radius 3 is 2.89 bits per heavy atom. The number of hydrogen-bond donors (Lipinski definition) is 1. The van der Waals surface area contributed by atoms with Gasteiger partial charge >= 0.3 is 0 Å². The summed E-state index contributed by atoms with van der Waals surface area (Å²) < 4.78 is 1.63. The SMILES string of the molecule is C[C@H]1CC[C@@H](c2cc3nc(Cl)cc(Cl)n3n2)NC1. The summed E-state index contributed by atoms with van der Waals surface area (Å²) in [6.45, 7) is 3.28. The van der Waals surface area contributed by atoms with Crippen molar-refractivity contribution in [2.45, 2.75) is 25.8 Å². The molecule has 2 aromatic heterocycles. The van der Waals surface area contributed by atoms with Crippen LogP contribution in [-0.2, 0) is 0 Å². The second kappa shape index (κ2) is 4.68. The van der Waals surface area contributed by atoms with Gasteiger partial charge in [0.25, 0.3) is 0 Å². The number of aromatic nitrogens is 3. The van der Waals surface area contributed by atoms with Gasteiger partial charge in [0.05, 0.1) is 11.7 Å². The predicted molar refractivity (Wildman–Crippen MR) is 72.1 cm³/mol. The van der Waals surface area contributed by atoms with E-state index < -0.39 is 0 Å². The Balaban J connectivity index is 1.96. The van der Waals surface area contributed by atoms with Gasteiger partial charge in [-0.25, -0.2) is 9.50 Å². The lowest BCUT2D eigenvalue weighted by Crippen LogP contribution is -2.32. The van der Waals surface area contributed by atoms with Crippen LogP contribution in [0, 0.1) is 5.92 Å². The molecule has 0 bridgehead atoms. The normalized spacial score (nSPS) is 24.6. The van der Waals surface area contributed by atoms with Crippen LogP contribution in [0.15, 0.2) is 12.1 Å². The van der Waals surface area contributed by atoms with Gasteiger partial charge in [0.15, 0.2) is 5.65 Å². The van der Waals surface area contributed by atoms with E-state index in [0.29, 0.717) is 16.0 Å². The second-order valence-corrected chi connectivity index (χ2v) is 5.66. The van der Waals surface area contributed by atoms with Crippen molar-refractivity contribution in [3.8, 4) is 0 Å². The molecule has 0 aromatic carbocycles. The molecule has 1 N–H and O–H groups in total. The summed E-state index contributed by atoms with van der Waals surface area (Å²) >= 11 is 12.0. The van der Waals surface area contributed by atoms with E-state index in [-0.39, 0.29) is 6.04 Å². The zero-order valence-electron chi connectivity index (χ0n) is 10.0. The van der Waals surface area contributed by atoms with E-state index in [9.17, 15) is 0 Å². The lowest BCUT2D eigenvalue weighted by molar-refractivity contribution is 0.328. The summed E-state index contributed by atoms with van der Waals surface area (Å²) in [7, 11) is 0. The van der Waals surface area contributed by atoms with Crippen LogP contribution < -0.4 is 5.32 Å². The molecule has 96 valence electrons. The van der Waals surface area contributed by atoms with Crippen molar-refractivity contribution in [3.05, 3.63) is 28.1 Å². The third-order valence-corrected chi connectivity index (χ3v) is 3.85. The third kappa shape index (κ3) is 2.20. The molecule has 2 atom stereocenters. The molecule has 0 radical (unpaired) electrons. The lowest BCUT2D eigenvalue weighted by Gasteiger charge is -2.26. The zero-order valence-corrected chi connectivity index (χ0v) is 11.5. The van der Waals surface area contributed by atoms with Gasteiger partial charge in [-0.3, -0.25) is 0 Å². The number of halogens is 2. The molecule has 18 heavy (non-hydrogen) atoms. The first-order chi connectivity index (χ1) is 8.63. The Bertz CT molecular complexity index is 573. The number of piperidine rings is 1. The van der Waals surface area contributed by atoms with Crippen LogP contribution in [0.4, 0.5) is 0 Å². The van der Waals surface area contributed by atoms with E-state index in [2.05, 4.69) is 22.3 Å². The highest BCUT2D eigenvalue weighted by Gasteiger charge is 2.22. The maximum atomic E-state index is 6.09. The number of nitrogens with zero attached hydrogens (tertiary/aromatic N) is 3. The largest absolute Gasteiger partial charge is 0.308 e. The zero-order chi connectivity index (χ0) is 12.7. The van der Waals surface area contributed by atoms with Gasteiger partial charge in [0, 0.05) is 12.1 Å². The maximum Gasteiger partial charge on any atom is 0.158 e. The van der Waals surface area contributed by atoms with E-state index in [1.165, 1.54) is 6.42 Å². The molecule has 0 unspecified atom stereocenters. The topological polar surface area (TPSA) is 42.2 Å². The molecule has 1 saturated heterocycles. The Labute approximate surface area is 115 Å². The maximum absolute atomic E-state index is 6.09. The van der Waals surface area contributed by atoms with Crippen LogP contribution in [0.2, 0.25) is 10.3 Å². The van der Waals surface area contributed by atoms with Crippen molar-refractivity contribution in [1.82, 2.24) is 19.9 Å². The van der Waals surface area contributed by atoms with Gasteiger partial charge < -0.3 is 5.32 Å². The summed E-state index contributed by atoms with van der Waals surface area (Å²) in [5.74, 6) is 0.731.